The molecule has 0 saturated carbocycles. The number of aliphatic hydroxyl groups excluding tert-OH is 1. The molecule has 0 fully saturated rings. The van der Waals surface area contributed by atoms with Gasteiger partial charge in [0, 0.05) is 12.0 Å². The molecule has 0 unspecified atom stereocenters. The topological polar surface area (TPSA) is 78.8 Å². The van der Waals surface area contributed by atoms with Gasteiger partial charge in [-0.05, 0) is 6.07 Å². The number of carbonyl (C=O) groups is 1. The van der Waals surface area contributed by atoms with Gasteiger partial charge >= 0.3 is 0 Å². The van der Waals surface area contributed by atoms with Gasteiger partial charge in [-0.2, -0.15) is 0 Å². The van der Waals surface area contributed by atoms with Gasteiger partial charge in [-0.3, -0.25) is 4.79 Å². The maximum atomic E-state index is 11.3. The molecule has 1 aromatic carbocycles. The van der Waals surface area contributed by atoms with Crippen molar-refractivity contribution >= 4 is 11.6 Å². The number of nitrogens with one attached hydrogen (secondary N) is 1. The Kier molecular flexibility index (Phi) is 4.13. The zero-order valence-electron chi connectivity index (χ0n) is 9.28. The number of amides is 1. The van der Waals surface area contributed by atoms with Gasteiger partial charge in [0.15, 0.2) is 11.5 Å². The molecule has 0 radical (unpaired) electrons. The number of phenols is 1. The molecule has 16 heavy (non-hydrogen) atoms. The first kappa shape index (κ1) is 12.3. The minimum absolute atomic E-state index is 0.171. The first-order valence-corrected chi connectivity index (χ1v) is 4.93. The highest BCUT2D eigenvalue weighted by molar-refractivity contribution is 5.93. The molecule has 0 aliphatic rings. The second kappa shape index (κ2) is 5.37. The lowest BCUT2D eigenvalue weighted by Crippen LogP contribution is -2.11. The Labute approximate surface area is 93.7 Å². The smallest absolute Gasteiger partial charge is 0.224 e. The number of ether oxygens (including phenoxy) is 1. The van der Waals surface area contributed by atoms with Crippen LogP contribution in [0.25, 0.3) is 0 Å². The number of hydrogen-bond donors (Lipinski definition) is 3. The number of rotatable bonds is 4. The van der Waals surface area contributed by atoms with Crippen LogP contribution in [0.15, 0.2) is 12.1 Å². The molecule has 0 aromatic heterocycles. The van der Waals surface area contributed by atoms with E-state index >= 15 is 0 Å². The summed E-state index contributed by atoms with van der Waals surface area (Å²) >= 11 is 0. The molecule has 1 rings (SSSR count). The Morgan fingerprint density at radius 3 is 2.69 bits per heavy atom. The van der Waals surface area contributed by atoms with E-state index in [0.717, 1.165) is 0 Å². The minimum Gasteiger partial charge on any atom is -0.503 e. The normalized spacial score (nSPS) is 9.94. The van der Waals surface area contributed by atoms with E-state index in [1.54, 1.807) is 13.0 Å². The fraction of sp³-hybridized carbons (Fsp3) is 0.364. The van der Waals surface area contributed by atoms with E-state index in [-0.39, 0.29) is 29.7 Å². The van der Waals surface area contributed by atoms with Gasteiger partial charge in [0.2, 0.25) is 5.91 Å². The lowest BCUT2D eigenvalue weighted by molar-refractivity contribution is -0.115. The number of aromatic hydroxyl groups is 1. The zero-order chi connectivity index (χ0) is 12.1. The van der Waals surface area contributed by atoms with Crippen molar-refractivity contribution in [2.24, 2.45) is 0 Å². The van der Waals surface area contributed by atoms with Gasteiger partial charge in [-0.1, -0.05) is 13.0 Å². The molecule has 0 saturated heterocycles. The molecule has 0 aliphatic heterocycles. The summed E-state index contributed by atoms with van der Waals surface area (Å²) < 4.78 is 4.92. The second-order valence-electron chi connectivity index (χ2n) is 3.21. The lowest BCUT2D eigenvalue weighted by Gasteiger charge is -2.13. The van der Waals surface area contributed by atoms with Gasteiger partial charge in [-0.25, -0.2) is 0 Å². The third kappa shape index (κ3) is 2.43. The third-order valence-corrected chi connectivity index (χ3v) is 2.20. The predicted molar refractivity (Wildman–Crippen MR) is 59.5 cm³/mol. The summed E-state index contributed by atoms with van der Waals surface area (Å²) in [4.78, 5) is 11.3. The number of carbonyl (C=O) groups excluding carboxylic acids is 1. The van der Waals surface area contributed by atoms with Gasteiger partial charge < -0.3 is 20.3 Å². The quantitative estimate of drug-likeness (QED) is 0.674. The molecule has 0 aliphatic carbocycles. The SMILES string of the molecule is CCC(=O)Nc1c(CO)ccc(OC)c1O. The van der Waals surface area contributed by atoms with E-state index in [2.05, 4.69) is 5.32 Å². The van der Waals surface area contributed by atoms with Crippen LogP contribution in [0.3, 0.4) is 0 Å². The predicted octanol–water partition coefficient (Wildman–Crippen LogP) is 1.24. The number of phenolic OH excluding ortho intramolecular Hbond substituents is 1. The maximum absolute atomic E-state index is 11.3. The molecule has 0 atom stereocenters. The zero-order valence-corrected chi connectivity index (χ0v) is 9.28. The van der Waals surface area contributed by atoms with Crippen molar-refractivity contribution in [1.82, 2.24) is 0 Å². The van der Waals surface area contributed by atoms with Crippen LogP contribution in [0.4, 0.5) is 5.69 Å². The largest absolute Gasteiger partial charge is 0.503 e. The molecule has 1 amide bonds. The van der Waals surface area contributed by atoms with E-state index in [4.69, 9.17) is 9.84 Å². The van der Waals surface area contributed by atoms with E-state index in [9.17, 15) is 9.90 Å². The van der Waals surface area contributed by atoms with Crippen molar-refractivity contribution in [2.45, 2.75) is 20.0 Å². The molecule has 0 heterocycles. The average Bonchev–Trinajstić information content (AvgIpc) is 2.31. The minimum atomic E-state index is -0.267. The highest BCUT2D eigenvalue weighted by atomic mass is 16.5. The van der Waals surface area contributed by atoms with Crippen LogP contribution >= 0.6 is 0 Å². The summed E-state index contributed by atoms with van der Waals surface area (Å²) in [5, 5.41) is 21.4. The molecule has 88 valence electrons. The van der Waals surface area contributed by atoms with Crippen molar-refractivity contribution in [3.63, 3.8) is 0 Å². The summed E-state index contributed by atoms with van der Waals surface area (Å²) in [6.07, 6.45) is 0.293. The van der Waals surface area contributed by atoms with Crippen LogP contribution in [0.1, 0.15) is 18.9 Å². The Morgan fingerprint density at radius 2 is 2.19 bits per heavy atom. The van der Waals surface area contributed by atoms with Gasteiger partial charge in [0.05, 0.1) is 19.4 Å². The molecular formula is C11H15NO4. The van der Waals surface area contributed by atoms with Crippen LogP contribution in [-0.4, -0.2) is 23.2 Å². The molecule has 1 aromatic rings. The molecule has 3 N–H and O–H groups in total. The molecule has 0 bridgehead atoms. The van der Waals surface area contributed by atoms with E-state index < -0.39 is 0 Å². The van der Waals surface area contributed by atoms with Crippen molar-refractivity contribution in [3.05, 3.63) is 17.7 Å². The van der Waals surface area contributed by atoms with Crippen molar-refractivity contribution in [1.29, 1.82) is 0 Å². The summed E-state index contributed by atoms with van der Waals surface area (Å²) in [5.41, 5.74) is 0.647. The number of aliphatic hydroxyl groups is 1. The molecule has 5 nitrogen and oxygen atoms in total. The first-order valence-electron chi connectivity index (χ1n) is 4.93. The van der Waals surface area contributed by atoms with Crippen molar-refractivity contribution < 1.29 is 19.7 Å². The molecule has 5 heteroatoms. The third-order valence-electron chi connectivity index (χ3n) is 2.20. The summed E-state index contributed by atoms with van der Waals surface area (Å²) in [5.74, 6) is -0.155. The number of anilines is 1. The van der Waals surface area contributed by atoms with Crippen LogP contribution in [-0.2, 0) is 11.4 Å². The molecular weight excluding hydrogens is 210 g/mol. The van der Waals surface area contributed by atoms with Crippen molar-refractivity contribution in [3.8, 4) is 11.5 Å². The Morgan fingerprint density at radius 1 is 1.50 bits per heavy atom. The standard InChI is InChI=1S/C11H15NO4/c1-3-9(14)12-10-7(6-13)4-5-8(16-2)11(10)15/h4-5,13,15H,3,6H2,1-2H3,(H,12,14). The summed E-state index contributed by atoms with van der Waals surface area (Å²) in [7, 11) is 1.42. The first-order chi connectivity index (χ1) is 7.63. The molecule has 0 spiro atoms. The van der Waals surface area contributed by atoms with Gasteiger partial charge in [-0.15, -0.1) is 0 Å². The van der Waals surface area contributed by atoms with Crippen molar-refractivity contribution in [2.75, 3.05) is 12.4 Å². The van der Waals surface area contributed by atoms with Gasteiger partial charge in [0.1, 0.15) is 0 Å². The number of methoxy groups -OCH3 is 1. The van der Waals surface area contributed by atoms with E-state index in [0.29, 0.717) is 12.0 Å². The Bertz CT molecular complexity index is 390. The Hall–Kier alpha value is -1.75. The van der Waals surface area contributed by atoms with E-state index in [1.165, 1.54) is 13.2 Å². The lowest BCUT2D eigenvalue weighted by atomic mass is 10.1. The van der Waals surface area contributed by atoms with E-state index in [1.807, 2.05) is 0 Å². The average molecular weight is 225 g/mol. The fourth-order valence-corrected chi connectivity index (χ4v) is 1.28. The summed E-state index contributed by atoms with van der Waals surface area (Å²) in [6.45, 7) is 1.43. The maximum Gasteiger partial charge on any atom is 0.224 e. The fourth-order valence-electron chi connectivity index (χ4n) is 1.28. The highest BCUT2D eigenvalue weighted by Gasteiger charge is 2.14. The van der Waals surface area contributed by atoms with Crippen LogP contribution in [0.2, 0.25) is 0 Å². The Balaban J connectivity index is 3.15. The highest BCUT2D eigenvalue weighted by Crippen LogP contribution is 2.36. The number of hydrogen-bond acceptors (Lipinski definition) is 4. The number of benzene rings is 1. The second-order valence-corrected chi connectivity index (χ2v) is 3.21. The van der Waals surface area contributed by atoms with Crippen LogP contribution in [0, 0.1) is 0 Å². The summed E-state index contributed by atoms with van der Waals surface area (Å²) in [6, 6.07) is 3.12. The monoisotopic (exact) mass is 225 g/mol. The van der Waals surface area contributed by atoms with Crippen LogP contribution < -0.4 is 10.1 Å². The van der Waals surface area contributed by atoms with Crippen LogP contribution in [0.5, 0.6) is 11.5 Å². The van der Waals surface area contributed by atoms with Gasteiger partial charge in [0.25, 0.3) is 0 Å².